The molecule has 4 nitrogen and oxygen atoms in total. The first-order chi connectivity index (χ1) is 12.9. The SMILES string of the molecule is CC(C)N1C[C@@H](C)N(C(C)CC(C)(C)N2CCN(C(C)C)[C@H](C)[C@H]2C)[C@H](C)C1. The molecule has 0 N–H and O–H groups in total. The van der Waals surface area contributed by atoms with Gasteiger partial charge < -0.3 is 0 Å². The second-order valence-corrected chi connectivity index (χ2v) is 11.1. The summed E-state index contributed by atoms with van der Waals surface area (Å²) in [5, 5.41) is 0. The Morgan fingerprint density at radius 3 is 1.79 bits per heavy atom. The van der Waals surface area contributed by atoms with Crippen LogP contribution in [0.25, 0.3) is 0 Å². The average molecular weight is 395 g/mol. The van der Waals surface area contributed by atoms with Gasteiger partial charge in [0.25, 0.3) is 0 Å². The van der Waals surface area contributed by atoms with Gasteiger partial charge in [0.2, 0.25) is 0 Å². The van der Waals surface area contributed by atoms with Crippen LogP contribution in [0.2, 0.25) is 0 Å². The number of piperazine rings is 2. The van der Waals surface area contributed by atoms with E-state index in [9.17, 15) is 0 Å². The van der Waals surface area contributed by atoms with Crippen LogP contribution in [0.4, 0.5) is 0 Å². The highest BCUT2D eigenvalue weighted by Gasteiger charge is 2.41. The fourth-order valence-electron chi connectivity index (χ4n) is 6.36. The van der Waals surface area contributed by atoms with Crippen LogP contribution in [0.15, 0.2) is 0 Å². The molecule has 0 amide bonds. The second kappa shape index (κ2) is 9.32. The van der Waals surface area contributed by atoms with Crippen molar-refractivity contribution in [1.29, 1.82) is 0 Å². The minimum Gasteiger partial charge on any atom is -0.298 e. The predicted molar refractivity (Wildman–Crippen MR) is 123 cm³/mol. The highest BCUT2D eigenvalue weighted by atomic mass is 15.4. The van der Waals surface area contributed by atoms with Crippen molar-refractivity contribution >= 4 is 0 Å². The molecule has 0 aromatic carbocycles. The van der Waals surface area contributed by atoms with Gasteiger partial charge in [0.15, 0.2) is 0 Å². The predicted octanol–water partition coefficient (Wildman–Crippen LogP) is 4.15. The Labute approximate surface area is 176 Å². The maximum absolute atomic E-state index is 2.80. The molecule has 4 heteroatoms. The number of hydrogen-bond donors (Lipinski definition) is 0. The van der Waals surface area contributed by atoms with Crippen LogP contribution in [0, 0.1) is 0 Å². The Hall–Kier alpha value is -0.160. The minimum absolute atomic E-state index is 0.227. The summed E-state index contributed by atoms with van der Waals surface area (Å²) in [5.74, 6) is 0. The van der Waals surface area contributed by atoms with Gasteiger partial charge >= 0.3 is 0 Å². The molecule has 0 aromatic rings. The maximum atomic E-state index is 2.80. The number of nitrogens with zero attached hydrogens (tertiary/aromatic N) is 4. The highest BCUT2D eigenvalue weighted by Crippen LogP contribution is 2.32. The molecular weight excluding hydrogens is 344 g/mol. The topological polar surface area (TPSA) is 13.0 Å². The van der Waals surface area contributed by atoms with Gasteiger partial charge in [0.1, 0.15) is 0 Å². The molecule has 0 spiro atoms. The van der Waals surface area contributed by atoms with E-state index >= 15 is 0 Å². The zero-order valence-electron chi connectivity index (χ0n) is 20.9. The van der Waals surface area contributed by atoms with Crippen molar-refractivity contribution in [3.63, 3.8) is 0 Å². The summed E-state index contributed by atoms with van der Waals surface area (Å²) >= 11 is 0. The normalized spacial score (nSPS) is 33.8. The van der Waals surface area contributed by atoms with Crippen LogP contribution in [0.5, 0.6) is 0 Å². The van der Waals surface area contributed by atoms with Crippen LogP contribution in [-0.4, -0.2) is 93.6 Å². The van der Waals surface area contributed by atoms with E-state index in [1.165, 1.54) is 32.6 Å². The van der Waals surface area contributed by atoms with Crippen LogP contribution >= 0.6 is 0 Å². The molecule has 0 bridgehead atoms. The molecule has 0 radical (unpaired) electrons. The van der Waals surface area contributed by atoms with Gasteiger partial charge in [-0.1, -0.05) is 0 Å². The van der Waals surface area contributed by atoms with E-state index in [2.05, 4.69) is 95.8 Å². The summed E-state index contributed by atoms with van der Waals surface area (Å²) in [6.07, 6.45) is 1.24. The molecule has 0 aliphatic carbocycles. The van der Waals surface area contributed by atoms with Crippen LogP contribution in [0.1, 0.15) is 82.6 Å². The Kier molecular flexibility index (Phi) is 8.03. The van der Waals surface area contributed by atoms with E-state index in [4.69, 9.17) is 0 Å². The van der Waals surface area contributed by atoms with E-state index in [0.717, 1.165) is 0 Å². The largest absolute Gasteiger partial charge is 0.298 e. The molecular formula is C24H50N4. The third kappa shape index (κ3) is 5.11. The van der Waals surface area contributed by atoms with Crippen LogP contribution < -0.4 is 0 Å². The van der Waals surface area contributed by atoms with Crippen molar-refractivity contribution in [2.45, 2.75) is 130 Å². The first-order valence-corrected chi connectivity index (χ1v) is 11.9. The number of rotatable bonds is 6. The van der Waals surface area contributed by atoms with Crippen molar-refractivity contribution < 1.29 is 0 Å². The fraction of sp³-hybridized carbons (Fsp3) is 1.00. The zero-order valence-corrected chi connectivity index (χ0v) is 20.9. The van der Waals surface area contributed by atoms with E-state index in [1.807, 2.05) is 0 Å². The van der Waals surface area contributed by atoms with Gasteiger partial charge in [-0.3, -0.25) is 19.6 Å². The smallest absolute Gasteiger partial charge is 0.0226 e. The summed E-state index contributed by atoms with van der Waals surface area (Å²) in [7, 11) is 0. The third-order valence-corrected chi connectivity index (χ3v) is 7.80. The van der Waals surface area contributed by atoms with Crippen molar-refractivity contribution in [3.05, 3.63) is 0 Å². The lowest BCUT2D eigenvalue weighted by molar-refractivity contribution is -0.0585. The Balaban J connectivity index is 2.05. The summed E-state index contributed by atoms with van der Waals surface area (Å²) in [6, 6.07) is 4.39. The molecule has 5 atom stereocenters. The van der Waals surface area contributed by atoms with E-state index < -0.39 is 0 Å². The van der Waals surface area contributed by atoms with E-state index in [0.29, 0.717) is 42.3 Å². The Morgan fingerprint density at radius 1 is 0.786 bits per heavy atom. The molecule has 2 saturated heterocycles. The van der Waals surface area contributed by atoms with Crippen molar-refractivity contribution in [3.8, 4) is 0 Å². The molecule has 28 heavy (non-hydrogen) atoms. The molecule has 1 unspecified atom stereocenters. The minimum atomic E-state index is 0.227. The molecule has 2 fully saturated rings. The van der Waals surface area contributed by atoms with E-state index in [1.54, 1.807) is 0 Å². The molecule has 2 rings (SSSR count). The first kappa shape index (κ1) is 24.1. The van der Waals surface area contributed by atoms with Gasteiger partial charge in [0, 0.05) is 74.0 Å². The lowest BCUT2D eigenvalue weighted by Crippen LogP contribution is -2.66. The fourth-order valence-corrected chi connectivity index (χ4v) is 6.36. The third-order valence-electron chi connectivity index (χ3n) is 7.80. The van der Waals surface area contributed by atoms with Crippen molar-refractivity contribution in [1.82, 2.24) is 19.6 Å². The standard InChI is InChI=1S/C24H50N4/c1-17(2)25-15-20(6)28(21(7)16-25)19(5)14-24(10,11)27-13-12-26(18(3)4)22(8)23(27)9/h17-23H,12-16H2,1-11H3/t19?,20-,21-,22-,23-/m1/s1. The average Bonchev–Trinajstić information content (AvgIpc) is 2.55. The number of hydrogen-bond acceptors (Lipinski definition) is 4. The Morgan fingerprint density at radius 2 is 1.32 bits per heavy atom. The van der Waals surface area contributed by atoms with Crippen molar-refractivity contribution in [2.24, 2.45) is 0 Å². The molecule has 0 aromatic heterocycles. The second-order valence-electron chi connectivity index (χ2n) is 11.1. The molecule has 166 valence electrons. The van der Waals surface area contributed by atoms with Gasteiger partial charge in [0.05, 0.1) is 0 Å². The van der Waals surface area contributed by atoms with Crippen LogP contribution in [0.3, 0.4) is 0 Å². The lowest BCUT2D eigenvalue weighted by Gasteiger charge is -2.55. The highest BCUT2D eigenvalue weighted by molar-refractivity contribution is 4.98. The summed E-state index contributed by atoms with van der Waals surface area (Å²) in [4.78, 5) is 10.9. The van der Waals surface area contributed by atoms with Crippen LogP contribution in [-0.2, 0) is 0 Å². The lowest BCUT2D eigenvalue weighted by atomic mass is 9.87. The van der Waals surface area contributed by atoms with Crippen molar-refractivity contribution in [2.75, 3.05) is 26.2 Å². The summed E-state index contributed by atoms with van der Waals surface area (Å²) in [6.45, 7) is 31.3. The molecule has 0 saturated carbocycles. The zero-order chi connectivity index (χ0) is 21.4. The Bertz CT molecular complexity index is 477. The first-order valence-electron chi connectivity index (χ1n) is 11.9. The van der Waals surface area contributed by atoms with Gasteiger partial charge in [-0.05, 0) is 82.6 Å². The monoisotopic (exact) mass is 394 g/mol. The summed E-state index contributed by atoms with van der Waals surface area (Å²) < 4.78 is 0. The molecule has 2 aliphatic rings. The maximum Gasteiger partial charge on any atom is 0.0226 e. The van der Waals surface area contributed by atoms with Gasteiger partial charge in [-0.15, -0.1) is 0 Å². The van der Waals surface area contributed by atoms with Gasteiger partial charge in [-0.2, -0.15) is 0 Å². The molecule has 2 aliphatic heterocycles. The quantitative estimate of drug-likeness (QED) is 0.671. The molecule has 2 heterocycles. The summed E-state index contributed by atoms with van der Waals surface area (Å²) in [5.41, 5.74) is 0.227. The van der Waals surface area contributed by atoms with E-state index in [-0.39, 0.29) is 5.54 Å². The van der Waals surface area contributed by atoms with Gasteiger partial charge in [-0.25, -0.2) is 0 Å².